The summed E-state index contributed by atoms with van der Waals surface area (Å²) in [6, 6.07) is 21.1. The monoisotopic (exact) mass is 336 g/mol. The van der Waals surface area contributed by atoms with Gasteiger partial charge in [-0.15, -0.1) is 0 Å². The van der Waals surface area contributed by atoms with Gasteiger partial charge in [0.15, 0.2) is 5.96 Å². The smallest absolute Gasteiger partial charge is 0.193 e. The number of nitrogens with zero attached hydrogens (tertiary/aromatic N) is 3. The topological polar surface area (TPSA) is 30.9 Å². The standard InChI is InChI=1S/C21H28N4/c1-24(2)21(22-15-18-9-5-3-6-10-18)23-16-19-13-14-25(17-19)20-11-7-4-8-12-20/h3-12,19H,13-17H2,1-2H3,(H,22,23). The molecule has 132 valence electrons. The van der Waals surface area contributed by atoms with Crippen LogP contribution in [0.2, 0.25) is 0 Å². The molecule has 0 saturated carbocycles. The quantitative estimate of drug-likeness (QED) is 0.672. The summed E-state index contributed by atoms with van der Waals surface area (Å²) in [7, 11) is 4.09. The molecule has 1 unspecified atom stereocenters. The van der Waals surface area contributed by atoms with Crippen LogP contribution >= 0.6 is 0 Å². The minimum atomic E-state index is 0.655. The summed E-state index contributed by atoms with van der Waals surface area (Å²) < 4.78 is 0. The maximum absolute atomic E-state index is 4.75. The zero-order valence-corrected chi connectivity index (χ0v) is 15.2. The minimum Gasteiger partial charge on any atom is -0.371 e. The molecule has 25 heavy (non-hydrogen) atoms. The van der Waals surface area contributed by atoms with Crippen LogP contribution in [0, 0.1) is 5.92 Å². The Hall–Kier alpha value is -2.49. The van der Waals surface area contributed by atoms with E-state index in [2.05, 4.69) is 69.7 Å². The molecule has 1 aliphatic heterocycles. The molecule has 3 rings (SSSR count). The molecule has 0 aliphatic carbocycles. The first-order chi connectivity index (χ1) is 12.2. The lowest BCUT2D eigenvalue weighted by Gasteiger charge is -2.21. The van der Waals surface area contributed by atoms with Gasteiger partial charge < -0.3 is 15.1 Å². The molecule has 4 nitrogen and oxygen atoms in total. The maximum atomic E-state index is 4.75. The molecule has 1 atom stereocenters. The fourth-order valence-electron chi connectivity index (χ4n) is 3.21. The molecule has 2 aromatic carbocycles. The number of hydrogen-bond donors (Lipinski definition) is 1. The number of para-hydroxylation sites is 1. The molecule has 4 heteroatoms. The first kappa shape index (κ1) is 17.3. The third-order valence-corrected chi connectivity index (χ3v) is 4.63. The number of hydrogen-bond acceptors (Lipinski definition) is 2. The Morgan fingerprint density at radius 3 is 2.44 bits per heavy atom. The zero-order chi connectivity index (χ0) is 17.5. The third kappa shape index (κ3) is 4.99. The molecule has 1 heterocycles. The van der Waals surface area contributed by atoms with Crippen molar-refractivity contribution in [1.29, 1.82) is 0 Å². The minimum absolute atomic E-state index is 0.655. The first-order valence-corrected chi connectivity index (χ1v) is 9.02. The van der Waals surface area contributed by atoms with E-state index >= 15 is 0 Å². The van der Waals surface area contributed by atoms with Crippen molar-refractivity contribution in [3.05, 3.63) is 66.2 Å². The average molecular weight is 336 g/mol. The molecule has 1 fully saturated rings. The maximum Gasteiger partial charge on any atom is 0.193 e. The van der Waals surface area contributed by atoms with Gasteiger partial charge in [0.1, 0.15) is 0 Å². The van der Waals surface area contributed by atoms with Crippen molar-refractivity contribution < 1.29 is 0 Å². The second-order valence-electron chi connectivity index (χ2n) is 6.84. The van der Waals surface area contributed by atoms with Crippen LogP contribution in [0.5, 0.6) is 0 Å². The summed E-state index contributed by atoms with van der Waals surface area (Å²) in [5, 5.41) is 3.55. The highest BCUT2D eigenvalue weighted by Gasteiger charge is 2.22. The van der Waals surface area contributed by atoms with E-state index in [0.29, 0.717) is 12.5 Å². The van der Waals surface area contributed by atoms with Gasteiger partial charge in [0.25, 0.3) is 0 Å². The summed E-state index contributed by atoms with van der Waals surface area (Å²) in [6.45, 7) is 3.92. The predicted octanol–water partition coefficient (Wildman–Crippen LogP) is 3.22. The Balaban J connectivity index is 1.52. The second kappa shape index (κ2) is 8.56. The van der Waals surface area contributed by atoms with Gasteiger partial charge in [-0.05, 0) is 30.0 Å². The van der Waals surface area contributed by atoms with E-state index in [-0.39, 0.29) is 0 Å². The molecule has 0 aromatic heterocycles. The van der Waals surface area contributed by atoms with Crippen LogP contribution in [0.15, 0.2) is 65.7 Å². The lowest BCUT2D eigenvalue weighted by molar-refractivity contribution is 0.525. The first-order valence-electron chi connectivity index (χ1n) is 9.02. The van der Waals surface area contributed by atoms with Crippen molar-refractivity contribution >= 4 is 11.6 Å². The summed E-state index contributed by atoms with van der Waals surface area (Å²) in [5.74, 6) is 1.61. The number of guanidine groups is 1. The van der Waals surface area contributed by atoms with E-state index < -0.39 is 0 Å². The molecule has 1 N–H and O–H groups in total. The van der Waals surface area contributed by atoms with Crippen LogP contribution in [0.3, 0.4) is 0 Å². The van der Waals surface area contributed by atoms with Gasteiger partial charge >= 0.3 is 0 Å². The molecule has 2 aromatic rings. The second-order valence-corrected chi connectivity index (χ2v) is 6.84. The SMILES string of the molecule is CN(C)C(=NCc1ccccc1)NCC1CCN(c2ccccc2)C1. The number of anilines is 1. The van der Waals surface area contributed by atoms with Crippen LogP contribution in [0.1, 0.15) is 12.0 Å². The molecular formula is C21H28N4. The summed E-state index contributed by atoms with van der Waals surface area (Å²) in [5.41, 5.74) is 2.57. The third-order valence-electron chi connectivity index (χ3n) is 4.63. The Kier molecular flexibility index (Phi) is 5.94. The van der Waals surface area contributed by atoms with Crippen LogP contribution in [0.4, 0.5) is 5.69 Å². The highest BCUT2D eigenvalue weighted by atomic mass is 15.3. The van der Waals surface area contributed by atoms with Gasteiger partial charge in [-0.3, -0.25) is 0 Å². The summed E-state index contributed by atoms with van der Waals surface area (Å²) in [6.07, 6.45) is 1.22. The largest absolute Gasteiger partial charge is 0.371 e. The van der Waals surface area contributed by atoms with E-state index in [9.17, 15) is 0 Å². The molecule has 0 spiro atoms. The lowest BCUT2D eigenvalue weighted by atomic mass is 10.1. The van der Waals surface area contributed by atoms with Crippen molar-refractivity contribution in [3.63, 3.8) is 0 Å². The molecule has 0 radical (unpaired) electrons. The molecule has 0 bridgehead atoms. The van der Waals surface area contributed by atoms with E-state index in [1.165, 1.54) is 17.7 Å². The van der Waals surface area contributed by atoms with Crippen molar-refractivity contribution in [2.75, 3.05) is 38.6 Å². The van der Waals surface area contributed by atoms with E-state index in [4.69, 9.17) is 4.99 Å². The zero-order valence-electron chi connectivity index (χ0n) is 15.2. The molecule has 1 aliphatic rings. The summed E-state index contributed by atoms with van der Waals surface area (Å²) in [4.78, 5) is 9.29. The van der Waals surface area contributed by atoms with Gasteiger partial charge in [0, 0.05) is 39.4 Å². The predicted molar refractivity (Wildman–Crippen MR) is 106 cm³/mol. The van der Waals surface area contributed by atoms with Gasteiger partial charge in [0.05, 0.1) is 6.54 Å². The van der Waals surface area contributed by atoms with Crippen molar-refractivity contribution in [1.82, 2.24) is 10.2 Å². The number of benzene rings is 2. The van der Waals surface area contributed by atoms with Gasteiger partial charge in [-0.1, -0.05) is 48.5 Å². The highest BCUT2D eigenvalue weighted by molar-refractivity contribution is 5.79. The number of aliphatic imine (C=N–C) groups is 1. The Bertz CT molecular complexity index is 667. The van der Waals surface area contributed by atoms with Gasteiger partial charge in [-0.25, -0.2) is 4.99 Å². The molecular weight excluding hydrogens is 308 g/mol. The number of rotatable bonds is 5. The highest BCUT2D eigenvalue weighted by Crippen LogP contribution is 2.22. The summed E-state index contributed by atoms with van der Waals surface area (Å²) >= 11 is 0. The van der Waals surface area contributed by atoms with Crippen molar-refractivity contribution in [3.8, 4) is 0 Å². The van der Waals surface area contributed by atoms with Gasteiger partial charge in [-0.2, -0.15) is 0 Å². The van der Waals surface area contributed by atoms with E-state index in [1.54, 1.807) is 0 Å². The van der Waals surface area contributed by atoms with Crippen LogP contribution in [0.25, 0.3) is 0 Å². The normalized spacial score (nSPS) is 17.6. The average Bonchev–Trinajstić information content (AvgIpc) is 3.12. The molecule has 1 saturated heterocycles. The van der Waals surface area contributed by atoms with Crippen LogP contribution < -0.4 is 10.2 Å². The van der Waals surface area contributed by atoms with Crippen LogP contribution in [-0.2, 0) is 6.54 Å². The lowest BCUT2D eigenvalue weighted by Crippen LogP contribution is -2.39. The van der Waals surface area contributed by atoms with Crippen molar-refractivity contribution in [2.45, 2.75) is 13.0 Å². The fourth-order valence-corrected chi connectivity index (χ4v) is 3.21. The van der Waals surface area contributed by atoms with Crippen LogP contribution in [-0.4, -0.2) is 44.6 Å². The van der Waals surface area contributed by atoms with Gasteiger partial charge in [0.2, 0.25) is 0 Å². The molecule has 0 amide bonds. The fraction of sp³-hybridized carbons (Fsp3) is 0.381. The Morgan fingerprint density at radius 1 is 1.08 bits per heavy atom. The van der Waals surface area contributed by atoms with E-state index in [1.807, 2.05) is 20.2 Å². The van der Waals surface area contributed by atoms with E-state index in [0.717, 1.165) is 25.6 Å². The number of nitrogens with one attached hydrogen (secondary N) is 1. The van der Waals surface area contributed by atoms with Crippen molar-refractivity contribution in [2.24, 2.45) is 10.9 Å². The Morgan fingerprint density at radius 2 is 1.76 bits per heavy atom. The Labute approximate surface area is 151 Å².